The van der Waals surface area contributed by atoms with Crippen molar-refractivity contribution in [3.8, 4) is 5.75 Å². The van der Waals surface area contributed by atoms with E-state index < -0.39 is 5.97 Å². The highest BCUT2D eigenvalue weighted by Crippen LogP contribution is 2.21. The van der Waals surface area contributed by atoms with Crippen LogP contribution in [0.25, 0.3) is 0 Å². The van der Waals surface area contributed by atoms with Crippen LogP contribution in [0.4, 0.5) is 0 Å². The van der Waals surface area contributed by atoms with Crippen LogP contribution in [0.1, 0.15) is 39.5 Å². The number of esters is 1. The lowest BCUT2D eigenvalue weighted by atomic mass is 10.1. The SMILES string of the molecule is CCNC(=NCc1ccc(C(=O)OC)c(OC)c1)NC(C)Cc1ccc(C)s1.I. The van der Waals surface area contributed by atoms with Gasteiger partial charge in [0.15, 0.2) is 5.96 Å². The van der Waals surface area contributed by atoms with E-state index in [1.165, 1.54) is 24.0 Å². The molecule has 0 aliphatic rings. The standard InChI is InChI=1S/C21H29N3O3S.HI/c1-6-22-21(24-14(2)11-17-9-7-15(3)28-17)23-13-16-8-10-18(20(25)27-5)19(12-16)26-4;/h7-10,12,14H,6,11,13H2,1-5H3,(H2,22,23,24);1H. The number of hydrogen-bond donors (Lipinski definition) is 2. The smallest absolute Gasteiger partial charge is 0.341 e. The summed E-state index contributed by atoms with van der Waals surface area (Å²) < 4.78 is 10.1. The summed E-state index contributed by atoms with van der Waals surface area (Å²) in [5, 5.41) is 6.73. The first kappa shape index (κ1) is 25.2. The van der Waals surface area contributed by atoms with E-state index in [1.807, 2.05) is 30.4 Å². The number of thiophene rings is 1. The molecule has 6 nitrogen and oxygen atoms in total. The fraction of sp³-hybridized carbons (Fsp3) is 0.429. The monoisotopic (exact) mass is 531 g/mol. The summed E-state index contributed by atoms with van der Waals surface area (Å²) in [5.74, 6) is 0.831. The van der Waals surface area contributed by atoms with Gasteiger partial charge >= 0.3 is 5.97 Å². The third-order valence-electron chi connectivity index (χ3n) is 4.12. The van der Waals surface area contributed by atoms with Gasteiger partial charge in [-0.1, -0.05) is 6.07 Å². The number of methoxy groups -OCH3 is 2. The number of halogens is 1. The van der Waals surface area contributed by atoms with E-state index in [-0.39, 0.29) is 30.0 Å². The van der Waals surface area contributed by atoms with Crippen LogP contribution in [0.15, 0.2) is 35.3 Å². The number of aryl methyl sites for hydroxylation is 1. The lowest BCUT2D eigenvalue weighted by molar-refractivity contribution is 0.0597. The van der Waals surface area contributed by atoms with E-state index in [4.69, 9.17) is 9.47 Å². The lowest BCUT2D eigenvalue weighted by Crippen LogP contribution is -2.43. The minimum absolute atomic E-state index is 0. The third-order valence-corrected chi connectivity index (χ3v) is 5.14. The molecule has 2 N–H and O–H groups in total. The van der Waals surface area contributed by atoms with E-state index in [0.717, 1.165) is 24.5 Å². The molecule has 29 heavy (non-hydrogen) atoms. The Morgan fingerprint density at radius 1 is 1.24 bits per heavy atom. The summed E-state index contributed by atoms with van der Waals surface area (Å²) in [6.07, 6.45) is 0.949. The van der Waals surface area contributed by atoms with Crippen molar-refractivity contribution < 1.29 is 14.3 Å². The van der Waals surface area contributed by atoms with Gasteiger partial charge in [-0.15, -0.1) is 35.3 Å². The summed E-state index contributed by atoms with van der Waals surface area (Å²) in [6, 6.07) is 9.97. The molecule has 1 heterocycles. The van der Waals surface area contributed by atoms with Crippen molar-refractivity contribution in [3.63, 3.8) is 0 Å². The van der Waals surface area contributed by atoms with Crippen molar-refractivity contribution in [3.05, 3.63) is 51.2 Å². The summed E-state index contributed by atoms with van der Waals surface area (Å²) >= 11 is 1.82. The summed E-state index contributed by atoms with van der Waals surface area (Å²) in [5.41, 5.74) is 1.35. The van der Waals surface area contributed by atoms with Gasteiger partial charge in [-0.2, -0.15) is 0 Å². The van der Waals surface area contributed by atoms with Gasteiger partial charge in [-0.3, -0.25) is 0 Å². The highest BCUT2D eigenvalue weighted by Gasteiger charge is 2.13. The molecule has 0 bridgehead atoms. The maximum Gasteiger partial charge on any atom is 0.341 e. The molecule has 1 unspecified atom stereocenters. The number of hydrogen-bond acceptors (Lipinski definition) is 5. The van der Waals surface area contributed by atoms with Gasteiger partial charge < -0.3 is 20.1 Å². The largest absolute Gasteiger partial charge is 0.496 e. The van der Waals surface area contributed by atoms with Crippen LogP contribution < -0.4 is 15.4 Å². The Morgan fingerprint density at radius 3 is 2.59 bits per heavy atom. The van der Waals surface area contributed by atoms with Gasteiger partial charge in [0.05, 0.1) is 20.8 Å². The number of nitrogens with one attached hydrogen (secondary N) is 2. The number of aliphatic imine (C=N–C) groups is 1. The Balaban J connectivity index is 0.00000420. The molecule has 0 amide bonds. The molecular formula is C21H30IN3O3S. The highest BCUT2D eigenvalue weighted by molar-refractivity contribution is 14.0. The second kappa shape index (κ2) is 12.7. The van der Waals surface area contributed by atoms with Crippen molar-refractivity contribution in [2.45, 2.75) is 39.8 Å². The van der Waals surface area contributed by atoms with E-state index >= 15 is 0 Å². The van der Waals surface area contributed by atoms with Crippen LogP contribution in [-0.2, 0) is 17.7 Å². The molecule has 0 spiro atoms. The first-order valence-corrected chi connectivity index (χ1v) is 10.1. The number of guanidine groups is 1. The molecule has 1 atom stereocenters. The highest BCUT2D eigenvalue weighted by atomic mass is 127. The van der Waals surface area contributed by atoms with Crippen LogP contribution in [0.2, 0.25) is 0 Å². The van der Waals surface area contributed by atoms with Gasteiger partial charge in [-0.05, 0) is 50.6 Å². The Labute approximate surface area is 194 Å². The first-order valence-electron chi connectivity index (χ1n) is 9.32. The van der Waals surface area contributed by atoms with Gasteiger partial charge in [0.25, 0.3) is 0 Å². The van der Waals surface area contributed by atoms with Crippen LogP contribution in [-0.4, -0.2) is 38.7 Å². The Kier molecular flexibility index (Phi) is 11.0. The van der Waals surface area contributed by atoms with Crippen molar-refractivity contribution in [2.75, 3.05) is 20.8 Å². The quantitative estimate of drug-likeness (QED) is 0.232. The molecule has 1 aromatic heterocycles. The number of nitrogens with zero attached hydrogens (tertiary/aromatic N) is 1. The summed E-state index contributed by atoms with van der Waals surface area (Å²) in [4.78, 5) is 19.1. The van der Waals surface area contributed by atoms with Crippen molar-refractivity contribution in [2.24, 2.45) is 4.99 Å². The number of benzene rings is 1. The van der Waals surface area contributed by atoms with Gasteiger partial charge in [0.2, 0.25) is 0 Å². The molecule has 0 saturated heterocycles. The van der Waals surface area contributed by atoms with Crippen LogP contribution >= 0.6 is 35.3 Å². The molecule has 160 valence electrons. The lowest BCUT2D eigenvalue weighted by Gasteiger charge is -2.17. The van der Waals surface area contributed by atoms with Crippen molar-refractivity contribution in [1.82, 2.24) is 10.6 Å². The molecular weight excluding hydrogens is 501 g/mol. The minimum atomic E-state index is -0.417. The van der Waals surface area contributed by atoms with E-state index in [2.05, 4.69) is 41.6 Å². The number of carbonyl (C=O) groups excluding carboxylic acids is 1. The second-order valence-corrected chi connectivity index (χ2v) is 7.86. The summed E-state index contributed by atoms with van der Waals surface area (Å²) in [6.45, 7) is 7.56. The number of rotatable bonds is 8. The van der Waals surface area contributed by atoms with Crippen LogP contribution in [0.5, 0.6) is 5.75 Å². The number of carbonyl (C=O) groups is 1. The fourth-order valence-corrected chi connectivity index (χ4v) is 3.80. The normalized spacial score (nSPS) is 12.0. The van der Waals surface area contributed by atoms with Crippen LogP contribution in [0.3, 0.4) is 0 Å². The Morgan fingerprint density at radius 2 is 2.00 bits per heavy atom. The first-order chi connectivity index (χ1) is 13.5. The van der Waals surface area contributed by atoms with E-state index in [1.54, 1.807) is 6.07 Å². The second-order valence-electron chi connectivity index (χ2n) is 6.48. The predicted molar refractivity (Wildman–Crippen MR) is 130 cm³/mol. The molecule has 8 heteroatoms. The van der Waals surface area contributed by atoms with Gasteiger partial charge in [-0.25, -0.2) is 9.79 Å². The summed E-state index contributed by atoms with van der Waals surface area (Å²) in [7, 11) is 2.89. The van der Waals surface area contributed by atoms with Gasteiger partial charge in [0, 0.05) is 28.8 Å². The zero-order chi connectivity index (χ0) is 20.5. The van der Waals surface area contributed by atoms with Gasteiger partial charge in [0.1, 0.15) is 11.3 Å². The van der Waals surface area contributed by atoms with Crippen LogP contribution in [0, 0.1) is 6.92 Å². The molecule has 0 radical (unpaired) electrons. The number of ether oxygens (including phenoxy) is 2. The average molecular weight is 531 g/mol. The van der Waals surface area contributed by atoms with Crippen molar-refractivity contribution >= 4 is 47.2 Å². The zero-order valence-electron chi connectivity index (χ0n) is 17.6. The molecule has 2 rings (SSSR count). The van der Waals surface area contributed by atoms with E-state index in [9.17, 15) is 4.79 Å². The maximum atomic E-state index is 11.8. The maximum absolute atomic E-state index is 11.8. The topological polar surface area (TPSA) is 72.0 Å². The zero-order valence-corrected chi connectivity index (χ0v) is 20.7. The average Bonchev–Trinajstić information content (AvgIpc) is 3.09. The molecule has 0 aliphatic heterocycles. The molecule has 1 aromatic carbocycles. The molecule has 0 aliphatic carbocycles. The van der Waals surface area contributed by atoms with Crippen molar-refractivity contribution in [1.29, 1.82) is 0 Å². The third kappa shape index (κ3) is 7.85. The Hall–Kier alpha value is -1.81. The molecule has 0 fully saturated rings. The molecule has 2 aromatic rings. The fourth-order valence-electron chi connectivity index (χ4n) is 2.78. The predicted octanol–water partition coefficient (Wildman–Crippen LogP) is 4.16. The minimum Gasteiger partial charge on any atom is -0.496 e. The molecule has 0 saturated carbocycles. The Bertz CT molecular complexity index is 823. The van der Waals surface area contributed by atoms with E-state index in [0.29, 0.717) is 17.9 Å².